The summed E-state index contributed by atoms with van der Waals surface area (Å²) >= 11 is 7.28. The summed E-state index contributed by atoms with van der Waals surface area (Å²) in [5, 5.41) is 8.87. The summed E-state index contributed by atoms with van der Waals surface area (Å²) in [6.45, 7) is 1.73. The van der Waals surface area contributed by atoms with Crippen LogP contribution in [-0.4, -0.2) is 23.2 Å². The minimum atomic E-state index is -3.77. The summed E-state index contributed by atoms with van der Waals surface area (Å²) in [5.74, 6) is 0. The van der Waals surface area contributed by atoms with Crippen molar-refractivity contribution in [1.29, 1.82) is 0 Å². The molecule has 25 heavy (non-hydrogen) atoms. The number of aromatic nitrogens is 3. The van der Waals surface area contributed by atoms with Crippen LogP contribution >= 0.6 is 23.4 Å². The summed E-state index contributed by atoms with van der Waals surface area (Å²) in [5.41, 5.74) is 1.09. The zero-order valence-electron chi connectivity index (χ0n) is 13.5. The van der Waals surface area contributed by atoms with Gasteiger partial charge in [0, 0.05) is 17.0 Å². The highest BCUT2D eigenvalue weighted by molar-refractivity contribution is 7.99. The predicted octanol–water partition coefficient (Wildman–Crippen LogP) is 3.73. The van der Waals surface area contributed by atoms with Gasteiger partial charge in [0.15, 0.2) is 5.16 Å². The fourth-order valence-electron chi connectivity index (χ4n) is 2.17. The predicted molar refractivity (Wildman–Crippen MR) is 98.6 cm³/mol. The molecular formula is C16H15ClN4O2S2. The van der Waals surface area contributed by atoms with Crippen molar-refractivity contribution in [3.8, 4) is 0 Å². The summed E-state index contributed by atoms with van der Waals surface area (Å²) in [6.07, 6.45) is 1.59. The smallest absolute Gasteiger partial charge is 0.262 e. The molecule has 3 aromatic rings. The Morgan fingerprint density at radius 2 is 1.96 bits per heavy atom. The monoisotopic (exact) mass is 394 g/mol. The highest BCUT2D eigenvalue weighted by atomic mass is 35.5. The van der Waals surface area contributed by atoms with E-state index < -0.39 is 10.0 Å². The van der Waals surface area contributed by atoms with Gasteiger partial charge in [-0.1, -0.05) is 29.8 Å². The second-order valence-corrected chi connectivity index (χ2v) is 8.43. The normalized spacial score (nSPS) is 11.5. The molecule has 130 valence electrons. The second-order valence-electron chi connectivity index (χ2n) is 5.34. The van der Waals surface area contributed by atoms with Crippen LogP contribution in [0, 0.1) is 6.92 Å². The Bertz CT molecular complexity index is 1020. The van der Waals surface area contributed by atoms with Crippen molar-refractivity contribution in [2.45, 2.75) is 21.9 Å². The lowest BCUT2D eigenvalue weighted by Crippen LogP contribution is -2.14. The van der Waals surface area contributed by atoms with Crippen LogP contribution in [0.3, 0.4) is 0 Å². The molecule has 0 unspecified atom stereocenters. The van der Waals surface area contributed by atoms with Crippen LogP contribution in [0.2, 0.25) is 5.02 Å². The highest BCUT2D eigenvalue weighted by Crippen LogP contribution is 2.33. The van der Waals surface area contributed by atoms with E-state index in [0.717, 1.165) is 4.90 Å². The van der Waals surface area contributed by atoms with E-state index in [-0.39, 0.29) is 4.90 Å². The number of para-hydroxylation sites is 1. The first-order chi connectivity index (χ1) is 11.9. The van der Waals surface area contributed by atoms with E-state index in [0.29, 0.717) is 21.4 Å². The minimum absolute atomic E-state index is 0.151. The SMILES string of the molecule is Cc1ccc(Cl)cc1S(=O)(=O)Nc1ccccc1Sc1nncn1C. The average molecular weight is 395 g/mol. The maximum absolute atomic E-state index is 12.8. The van der Waals surface area contributed by atoms with E-state index in [4.69, 9.17) is 11.6 Å². The second kappa shape index (κ2) is 7.07. The molecule has 6 nitrogen and oxygen atoms in total. The fourth-order valence-corrected chi connectivity index (χ4v) is 4.67. The number of nitrogens with zero attached hydrogens (tertiary/aromatic N) is 3. The first-order valence-electron chi connectivity index (χ1n) is 7.27. The Morgan fingerprint density at radius 3 is 2.68 bits per heavy atom. The van der Waals surface area contributed by atoms with Crippen molar-refractivity contribution < 1.29 is 8.42 Å². The van der Waals surface area contributed by atoms with Gasteiger partial charge in [0.2, 0.25) is 0 Å². The molecule has 0 saturated carbocycles. The molecule has 0 aliphatic carbocycles. The van der Waals surface area contributed by atoms with Crippen LogP contribution in [0.1, 0.15) is 5.56 Å². The third-order valence-corrected chi connectivity index (χ3v) is 6.31. The Morgan fingerprint density at radius 1 is 1.20 bits per heavy atom. The molecule has 2 aromatic carbocycles. The van der Waals surface area contributed by atoms with Crippen molar-refractivity contribution in [2.24, 2.45) is 7.05 Å². The number of nitrogens with one attached hydrogen (secondary N) is 1. The van der Waals surface area contributed by atoms with Crippen LogP contribution in [0.4, 0.5) is 5.69 Å². The van der Waals surface area contributed by atoms with E-state index in [9.17, 15) is 8.42 Å². The lowest BCUT2D eigenvalue weighted by atomic mass is 10.2. The molecular weight excluding hydrogens is 380 g/mol. The van der Waals surface area contributed by atoms with E-state index in [1.54, 1.807) is 42.1 Å². The standard InChI is InChI=1S/C16H15ClN4O2S2/c1-11-7-8-12(17)9-15(11)25(22,23)20-13-5-3-4-6-14(13)24-16-19-18-10-21(16)2/h3-10,20H,1-2H3. The number of halogens is 1. The number of benzene rings is 2. The van der Waals surface area contributed by atoms with Gasteiger partial charge < -0.3 is 4.57 Å². The summed E-state index contributed by atoms with van der Waals surface area (Å²) < 4.78 is 30.0. The Balaban J connectivity index is 1.95. The van der Waals surface area contributed by atoms with E-state index in [2.05, 4.69) is 14.9 Å². The molecule has 0 bridgehead atoms. The van der Waals surface area contributed by atoms with Crippen LogP contribution < -0.4 is 4.72 Å². The van der Waals surface area contributed by atoms with Gasteiger partial charge >= 0.3 is 0 Å². The zero-order chi connectivity index (χ0) is 18.0. The lowest BCUT2D eigenvalue weighted by Gasteiger charge is -2.13. The van der Waals surface area contributed by atoms with Gasteiger partial charge in [0.05, 0.1) is 10.6 Å². The zero-order valence-corrected chi connectivity index (χ0v) is 15.9. The largest absolute Gasteiger partial charge is 0.311 e. The van der Waals surface area contributed by atoms with Crippen LogP contribution in [0.15, 0.2) is 63.7 Å². The van der Waals surface area contributed by atoms with E-state index in [1.165, 1.54) is 17.8 Å². The molecule has 0 spiro atoms. The van der Waals surface area contributed by atoms with Crippen molar-refractivity contribution in [3.05, 3.63) is 59.4 Å². The molecule has 1 heterocycles. The van der Waals surface area contributed by atoms with Crippen molar-refractivity contribution >= 4 is 39.1 Å². The van der Waals surface area contributed by atoms with Crippen molar-refractivity contribution in [3.63, 3.8) is 0 Å². The summed E-state index contributed by atoms with van der Waals surface area (Å²) in [6, 6.07) is 11.9. The van der Waals surface area contributed by atoms with E-state index in [1.807, 2.05) is 19.2 Å². The maximum Gasteiger partial charge on any atom is 0.262 e. The van der Waals surface area contributed by atoms with Gasteiger partial charge in [-0.15, -0.1) is 10.2 Å². The van der Waals surface area contributed by atoms with Crippen molar-refractivity contribution in [2.75, 3.05) is 4.72 Å². The number of hydrogen-bond acceptors (Lipinski definition) is 5. The molecule has 0 amide bonds. The van der Waals surface area contributed by atoms with Gasteiger partial charge in [0.1, 0.15) is 6.33 Å². The Kier molecular flexibility index (Phi) is 5.03. The third kappa shape index (κ3) is 3.97. The molecule has 9 heteroatoms. The van der Waals surface area contributed by atoms with Crippen molar-refractivity contribution in [1.82, 2.24) is 14.8 Å². The van der Waals surface area contributed by atoms with E-state index >= 15 is 0 Å². The Hall–Kier alpha value is -2.03. The molecule has 0 aliphatic rings. The number of aryl methyl sites for hydroxylation is 2. The van der Waals surface area contributed by atoms with Crippen LogP contribution in [0.25, 0.3) is 0 Å². The van der Waals surface area contributed by atoms with Gasteiger partial charge in [-0.25, -0.2) is 8.42 Å². The number of hydrogen-bond donors (Lipinski definition) is 1. The first kappa shape index (κ1) is 17.8. The highest BCUT2D eigenvalue weighted by Gasteiger charge is 2.19. The van der Waals surface area contributed by atoms with Gasteiger partial charge in [-0.05, 0) is 48.5 Å². The topological polar surface area (TPSA) is 76.9 Å². The molecule has 0 saturated heterocycles. The molecule has 1 N–H and O–H groups in total. The molecule has 0 atom stereocenters. The number of sulfonamides is 1. The summed E-state index contributed by atoms with van der Waals surface area (Å²) in [7, 11) is -1.94. The molecule has 1 aromatic heterocycles. The Labute approximate surface area is 155 Å². The van der Waals surface area contributed by atoms with Gasteiger partial charge in [-0.3, -0.25) is 4.72 Å². The first-order valence-corrected chi connectivity index (χ1v) is 9.94. The quantitative estimate of drug-likeness (QED) is 0.713. The minimum Gasteiger partial charge on any atom is -0.311 e. The molecule has 3 rings (SSSR count). The molecule has 0 radical (unpaired) electrons. The fraction of sp³-hybridized carbons (Fsp3) is 0.125. The van der Waals surface area contributed by atoms with Crippen LogP contribution in [0.5, 0.6) is 0 Å². The lowest BCUT2D eigenvalue weighted by molar-refractivity contribution is 0.600. The number of rotatable bonds is 5. The third-order valence-electron chi connectivity index (χ3n) is 3.44. The van der Waals surface area contributed by atoms with Gasteiger partial charge in [0.25, 0.3) is 10.0 Å². The summed E-state index contributed by atoms with van der Waals surface area (Å²) in [4.78, 5) is 0.875. The number of anilines is 1. The maximum atomic E-state index is 12.8. The van der Waals surface area contributed by atoms with Gasteiger partial charge in [-0.2, -0.15) is 0 Å². The van der Waals surface area contributed by atoms with Crippen LogP contribution in [-0.2, 0) is 17.1 Å². The molecule has 0 fully saturated rings. The molecule has 0 aliphatic heterocycles. The average Bonchev–Trinajstić information content (AvgIpc) is 2.96.